The van der Waals surface area contributed by atoms with Crippen LogP contribution in [0.4, 0.5) is 0 Å². The average molecular weight is 314 g/mol. The monoisotopic (exact) mass is 314 g/mol. The molecule has 0 fully saturated rings. The maximum absolute atomic E-state index is 12.3. The Kier molecular flexibility index (Phi) is 4.26. The first-order valence-electron chi connectivity index (χ1n) is 6.33. The van der Waals surface area contributed by atoms with Crippen molar-refractivity contribution in [1.82, 2.24) is 19.7 Å². The number of rotatable bonds is 5. The molecule has 110 valence electrons. The summed E-state index contributed by atoms with van der Waals surface area (Å²) in [7, 11) is -3.59. The van der Waals surface area contributed by atoms with Crippen LogP contribution < -0.4 is 4.72 Å². The van der Waals surface area contributed by atoms with E-state index in [1.165, 1.54) is 17.5 Å². The molecular weight excluding hydrogens is 296 g/mol. The van der Waals surface area contributed by atoms with E-state index in [9.17, 15) is 8.42 Å². The third-order valence-electron chi connectivity index (χ3n) is 2.89. The molecule has 0 amide bonds. The summed E-state index contributed by atoms with van der Waals surface area (Å²) in [5, 5.41) is 1.03. The summed E-state index contributed by atoms with van der Waals surface area (Å²) in [5.74, 6) is 0.655. The van der Waals surface area contributed by atoms with Gasteiger partial charge in [-0.2, -0.15) is 0 Å². The maximum Gasteiger partial charge on any atom is 0.258 e. The van der Waals surface area contributed by atoms with Gasteiger partial charge in [0.2, 0.25) is 0 Å². The lowest BCUT2D eigenvalue weighted by molar-refractivity contribution is 0.564. The van der Waals surface area contributed by atoms with Crippen LogP contribution >= 0.6 is 11.3 Å². The second-order valence-corrected chi connectivity index (χ2v) is 7.49. The topological polar surface area (TPSA) is 87.7 Å². The quantitative estimate of drug-likeness (QED) is 0.884. The first-order chi connectivity index (χ1) is 9.33. The smallest absolute Gasteiger partial charge is 0.258 e. The Labute approximate surface area is 122 Å². The molecule has 6 nitrogen and oxygen atoms in total. The van der Waals surface area contributed by atoms with E-state index >= 15 is 0 Å². The fourth-order valence-electron chi connectivity index (χ4n) is 1.96. The summed E-state index contributed by atoms with van der Waals surface area (Å²) in [5.41, 5.74) is 0.863. The van der Waals surface area contributed by atoms with E-state index in [-0.39, 0.29) is 11.1 Å². The molecule has 0 saturated carbocycles. The molecule has 2 aromatic heterocycles. The third kappa shape index (κ3) is 3.08. The predicted octanol–water partition coefficient (Wildman–Crippen LogP) is 2.08. The summed E-state index contributed by atoms with van der Waals surface area (Å²) in [4.78, 5) is 12.1. The Morgan fingerprint density at radius 2 is 2.15 bits per heavy atom. The summed E-state index contributed by atoms with van der Waals surface area (Å²) in [6.45, 7) is 7.52. The number of imidazole rings is 1. The molecule has 2 rings (SSSR count). The van der Waals surface area contributed by atoms with Crippen molar-refractivity contribution in [1.29, 1.82) is 0 Å². The molecule has 0 spiro atoms. The Balaban J connectivity index is 2.21. The zero-order valence-corrected chi connectivity index (χ0v) is 13.5. The van der Waals surface area contributed by atoms with Crippen molar-refractivity contribution in [2.45, 2.75) is 45.2 Å². The van der Waals surface area contributed by atoms with Crippen molar-refractivity contribution in [3.8, 4) is 0 Å². The normalized spacial score (nSPS) is 13.6. The highest BCUT2D eigenvalue weighted by molar-refractivity contribution is 7.89. The van der Waals surface area contributed by atoms with Crippen molar-refractivity contribution in [2.75, 3.05) is 0 Å². The number of aromatic nitrogens is 3. The van der Waals surface area contributed by atoms with Gasteiger partial charge in [-0.15, -0.1) is 11.3 Å². The first-order valence-corrected chi connectivity index (χ1v) is 8.63. The van der Waals surface area contributed by atoms with Gasteiger partial charge in [0.25, 0.3) is 10.0 Å². The van der Waals surface area contributed by atoms with E-state index in [1.54, 1.807) is 0 Å². The van der Waals surface area contributed by atoms with Crippen LogP contribution in [-0.4, -0.2) is 23.4 Å². The summed E-state index contributed by atoms with van der Waals surface area (Å²) in [6.07, 6.45) is 2.01. The van der Waals surface area contributed by atoms with E-state index in [4.69, 9.17) is 0 Å². The fraction of sp³-hybridized carbons (Fsp3) is 0.500. The molecule has 1 unspecified atom stereocenters. The number of aryl methyl sites for hydroxylation is 3. The summed E-state index contributed by atoms with van der Waals surface area (Å²) in [6, 6.07) is -0.320. The average Bonchev–Trinajstić information content (AvgIpc) is 2.95. The molecule has 0 saturated heterocycles. The zero-order chi connectivity index (χ0) is 14.9. The van der Waals surface area contributed by atoms with E-state index < -0.39 is 10.0 Å². The van der Waals surface area contributed by atoms with E-state index in [2.05, 4.69) is 19.7 Å². The first kappa shape index (κ1) is 15.1. The van der Waals surface area contributed by atoms with Crippen LogP contribution in [-0.2, 0) is 16.4 Å². The van der Waals surface area contributed by atoms with E-state index in [0.29, 0.717) is 12.2 Å². The molecule has 2 aromatic rings. The number of hydrogen-bond donors (Lipinski definition) is 2. The fourth-order valence-corrected chi connectivity index (χ4v) is 4.12. The van der Waals surface area contributed by atoms with Crippen LogP contribution in [0.3, 0.4) is 0 Å². The van der Waals surface area contributed by atoms with Crippen LogP contribution in [0.5, 0.6) is 0 Å². The summed E-state index contributed by atoms with van der Waals surface area (Å²) < 4.78 is 27.2. The number of nitrogens with one attached hydrogen (secondary N) is 2. The van der Waals surface area contributed by atoms with Gasteiger partial charge in [-0.05, 0) is 20.8 Å². The van der Waals surface area contributed by atoms with Crippen LogP contribution in [0.2, 0.25) is 0 Å². The van der Waals surface area contributed by atoms with Crippen LogP contribution in [0.25, 0.3) is 0 Å². The van der Waals surface area contributed by atoms with Gasteiger partial charge in [0, 0.05) is 11.3 Å². The summed E-state index contributed by atoms with van der Waals surface area (Å²) >= 11 is 1.50. The van der Waals surface area contributed by atoms with Crippen molar-refractivity contribution in [3.05, 3.63) is 27.6 Å². The molecular formula is C12H18N4O2S2. The SMILES string of the molecule is CCc1ncc(S(=O)(=O)NC(C)c2sc(C)nc2C)[nH]1. The predicted molar refractivity (Wildman–Crippen MR) is 78.3 cm³/mol. The van der Waals surface area contributed by atoms with E-state index in [1.807, 2.05) is 27.7 Å². The van der Waals surface area contributed by atoms with Crippen LogP contribution in [0, 0.1) is 13.8 Å². The molecule has 0 radical (unpaired) electrons. The van der Waals surface area contributed by atoms with Crippen LogP contribution in [0.15, 0.2) is 11.2 Å². The molecule has 2 N–H and O–H groups in total. The standard InChI is InChI=1S/C12H18N4O2S2/c1-5-10-13-6-11(15-10)20(17,18)16-8(3)12-7(2)14-9(4)19-12/h6,8,16H,5H2,1-4H3,(H,13,15). The minimum absolute atomic E-state index is 0.0973. The molecule has 2 heterocycles. The van der Waals surface area contributed by atoms with Gasteiger partial charge < -0.3 is 4.98 Å². The molecule has 8 heteroatoms. The molecule has 20 heavy (non-hydrogen) atoms. The molecule has 0 aromatic carbocycles. The second kappa shape index (κ2) is 5.63. The maximum atomic E-state index is 12.3. The van der Waals surface area contributed by atoms with Gasteiger partial charge >= 0.3 is 0 Å². The van der Waals surface area contributed by atoms with Gasteiger partial charge in [-0.25, -0.2) is 23.1 Å². The van der Waals surface area contributed by atoms with Gasteiger partial charge in [0.05, 0.1) is 22.9 Å². The molecule has 0 aliphatic rings. The second-order valence-electron chi connectivity index (χ2n) is 4.57. The number of hydrogen-bond acceptors (Lipinski definition) is 5. The molecule has 0 aliphatic carbocycles. The van der Waals surface area contributed by atoms with Crippen LogP contribution in [0.1, 0.15) is 41.3 Å². The minimum atomic E-state index is -3.59. The molecule has 0 bridgehead atoms. The zero-order valence-electron chi connectivity index (χ0n) is 11.9. The highest BCUT2D eigenvalue weighted by atomic mass is 32.2. The third-order valence-corrected chi connectivity index (χ3v) is 5.60. The Hall–Kier alpha value is -1.25. The van der Waals surface area contributed by atoms with Gasteiger partial charge in [-0.1, -0.05) is 6.92 Å². The number of H-pyrrole nitrogens is 1. The number of nitrogens with zero attached hydrogens (tertiary/aromatic N) is 2. The van der Waals surface area contributed by atoms with Crippen molar-refractivity contribution in [2.24, 2.45) is 0 Å². The largest absolute Gasteiger partial charge is 0.332 e. The minimum Gasteiger partial charge on any atom is -0.332 e. The number of sulfonamides is 1. The number of thiazole rings is 1. The Morgan fingerprint density at radius 1 is 1.45 bits per heavy atom. The van der Waals surface area contributed by atoms with Crippen molar-refractivity contribution < 1.29 is 8.42 Å². The van der Waals surface area contributed by atoms with Crippen molar-refractivity contribution >= 4 is 21.4 Å². The molecule has 1 atom stereocenters. The van der Waals surface area contributed by atoms with E-state index in [0.717, 1.165) is 15.6 Å². The lowest BCUT2D eigenvalue weighted by Gasteiger charge is -2.12. The highest BCUT2D eigenvalue weighted by Crippen LogP contribution is 2.25. The van der Waals surface area contributed by atoms with Crippen molar-refractivity contribution in [3.63, 3.8) is 0 Å². The number of aromatic amines is 1. The van der Waals surface area contributed by atoms with Gasteiger partial charge in [0.15, 0.2) is 5.03 Å². The highest BCUT2D eigenvalue weighted by Gasteiger charge is 2.22. The lowest BCUT2D eigenvalue weighted by Crippen LogP contribution is -2.27. The van der Waals surface area contributed by atoms with Gasteiger partial charge in [-0.3, -0.25) is 0 Å². The lowest BCUT2D eigenvalue weighted by atomic mass is 10.2. The Bertz CT molecular complexity index is 703. The molecule has 0 aliphatic heterocycles. The Morgan fingerprint density at radius 3 is 2.65 bits per heavy atom. The van der Waals surface area contributed by atoms with Gasteiger partial charge in [0.1, 0.15) is 5.82 Å².